The summed E-state index contributed by atoms with van der Waals surface area (Å²) in [5.74, 6) is 0.327. The smallest absolute Gasteiger partial charge is 0.284 e. The van der Waals surface area contributed by atoms with E-state index in [4.69, 9.17) is 4.98 Å². The van der Waals surface area contributed by atoms with Gasteiger partial charge in [-0.05, 0) is 50.3 Å². The van der Waals surface area contributed by atoms with Gasteiger partial charge in [0.05, 0.1) is 11.6 Å². The van der Waals surface area contributed by atoms with Crippen molar-refractivity contribution in [1.29, 1.82) is 0 Å². The standard InChI is InChI=1S/C26H24N8O2S/c1-32(2)13-11-21(35)16-7-9-17(10-8-16)29-25-28-15-19-22(31-25)30-23-18-5-3-4-6-20(18)33(34(23)24(19)36)26-27-12-14-37-26/h3-10,12,14-15,21,35H,11,13H2,1-2H3,(H,28,29,31). The van der Waals surface area contributed by atoms with Gasteiger partial charge < -0.3 is 15.3 Å². The molecule has 1 unspecified atom stereocenters. The molecule has 0 fully saturated rings. The van der Waals surface area contributed by atoms with E-state index in [0.29, 0.717) is 34.2 Å². The van der Waals surface area contributed by atoms with Crippen molar-refractivity contribution in [2.75, 3.05) is 26.0 Å². The maximum Gasteiger partial charge on any atom is 0.284 e. The first-order chi connectivity index (χ1) is 18.0. The number of hydrogen-bond acceptors (Lipinski definition) is 9. The minimum atomic E-state index is -0.528. The Bertz CT molecular complexity index is 1770. The topological polar surface area (TPSA) is 113 Å². The molecule has 6 aromatic rings. The molecule has 0 saturated heterocycles. The molecular weight excluding hydrogens is 488 g/mol. The van der Waals surface area contributed by atoms with E-state index in [1.165, 1.54) is 22.0 Å². The van der Waals surface area contributed by atoms with Crippen LogP contribution >= 0.6 is 11.3 Å². The third-order valence-corrected chi connectivity index (χ3v) is 6.93. The van der Waals surface area contributed by atoms with Gasteiger partial charge in [-0.3, -0.25) is 4.79 Å². The fraction of sp³-hybridized carbons (Fsp3) is 0.192. The Balaban J connectivity index is 1.38. The molecule has 0 amide bonds. The number of hydrogen-bond donors (Lipinski definition) is 2. The molecule has 4 heterocycles. The summed E-state index contributed by atoms with van der Waals surface area (Å²) in [5, 5.41) is 17.2. The molecule has 0 aliphatic heterocycles. The molecule has 0 spiro atoms. The van der Waals surface area contributed by atoms with Gasteiger partial charge >= 0.3 is 0 Å². The fourth-order valence-corrected chi connectivity index (χ4v) is 4.96. The average molecular weight is 513 g/mol. The summed E-state index contributed by atoms with van der Waals surface area (Å²) < 4.78 is 3.31. The van der Waals surface area contributed by atoms with Crippen LogP contribution in [-0.4, -0.2) is 59.8 Å². The van der Waals surface area contributed by atoms with Gasteiger partial charge in [-0.25, -0.2) is 19.6 Å². The van der Waals surface area contributed by atoms with Crippen LogP contribution in [-0.2, 0) is 0 Å². The first-order valence-electron chi connectivity index (χ1n) is 11.8. The lowest BCUT2D eigenvalue weighted by Crippen LogP contribution is -2.21. The maximum atomic E-state index is 13.6. The molecule has 4 aromatic heterocycles. The Morgan fingerprint density at radius 2 is 1.86 bits per heavy atom. The largest absolute Gasteiger partial charge is 0.388 e. The van der Waals surface area contributed by atoms with Gasteiger partial charge in [-0.1, -0.05) is 24.3 Å². The van der Waals surface area contributed by atoms with Crippen LogP contribution < -0.4 is 10.9 Å². The maximum absolute atomic E-state index is 13.6. The molecule has 6 rings (SSSR count). The van der Waals surface area contributed by atoms with E-state index in [2.05, 4.69) is 20.3 Å². The minimum Gasteiger partial charge on any atom is -0.388 e. The lowest BCUT2D eigenvalue weighted by atomic mass is 10.1. The van der Waals surface area contributed by atoms with Crippen molar-refractivity contribution >= 4 is 50.6 Å². The van der Waals surface area contributed by atoms with Crippen LogP contribution in [0.1, 0.15) is 18.1 Å². The number of aliphatic hydroxyl groups is 1. The zero-order chi connectivity index (χ0) is 25.5. The van der Waals surface area contributed by atoms with Crippen molar-refractivity contribution in [2.45, 2.75) is 12.5 Å². The van der Waals surface area contributed by atoms with Gasteiger partial charge in [0.25, 0.3) is 5.56 Å². The summed E-state index contributed by atoms with van der Waals surface area (Å²) in [6, 6.07) is 15.2. The molecular formula is C26H24N8O2S. The number of rotatable bonds is 7. The Hall–Kier alpha value is -4.19. The second-order valence-electron chi connectivity index (χ2n) is 8.98. The van der Waals surface area contributed by atoms with Crippen LogP contribution in [0.15, 0.2) is 71.1 Å². The minimum absolute atomic E-state index is 0.269. The van der Waals surface area contributed by atoms with E-state index in [0.717, 1.165) is 28.7 Å². The first kappa shape index (κ1) is 23.2. The predicted molar refractivity (Wildman–Crippen MR) is 145 cm³/mol. The van der Waals surface area contributed by atoms with E-state index in [1.54, 1.807) is 10.9 Å². The van der Waals surface area contributed by atoms with Crippen LogP contribution in [0.3, 0.4) is 0 Å². The van der Waals surface area contributed by atoms with Gasteiger partial charge in [0.1, 0.15) is 5.39 Å². The summed E-state index contributed by atoms with van der Waals surface area (Å²) in [7, 11) is 3.97. The molecule has 186 valence electrons. The summed E-state index contributed by atoms with van der Waals surface area (Å²) >= 11 is 1.44. The molecule has 0 radical (unpaired) electrons. The van der Waals surface area contributed by atoms with E-state index in [-0.39, 0.29) is 5.56 Å². The number of para-hydroxylation sites is 1. The number of thiazole rings is 1. The summed E-state index contributed by atoms with van der Waals surface area (Å²) in [5.41, 5.74) is 2.98. The summed E-state index contributed by atoms with van der Waals surface area (Å²) in [6.45, 7) is 0.800. The molecule has 37 heavy (non-hydrogen) atoms. The van der Waals surface area contributed by atoms with Gasteiger partial charge in [-0.2, -0.15) is 9.50 Å². The highest BCUT2D eigenvalue weighted by Gasteiger charge is 2.19. The normalized spacial score (nSPS) is 12.6. The van der Waals surface area contributed by atoms with Crippen molar-refractivity contribution in [2.24, 2.45) is 0 Å². The summed E-state index contributed by atoms with van der Waals surface area (Å²) in [4.78, 5) is 33.7. The van der Waals surface area contributed by atoms with Crippen molar-refractivity contribution in [3.8, 4) is 5.13 Å². The van der Waals surface area contributed by atoms with E-state index in [1.807, 2.05) is 72.9 Å². The van der Waals surface area contributed by atoms with Crippen LogP contribution in [0.5, 0.6) is 0 Å². The third-order valence-electron chi connectivity index (χ3n) is 6.18. The number of nitrogens with zero attached hydrogens (tertiary/aromatic N) is 7. The number of fused-ring (bicyclic) bond motifs is 4. The van der Waals surface area contributed by atoms with Crippen LogP contribution in [0, 0.1) is 0 Å². The highest BCUT2D eigenvalue weighted by molar-refractivity contribution is 7.12. The van der Waals surface area contributed by atoms with Crippen molar-refractivity contribution < 1.29 is 5.11 Å². The van der Waals surface area contributed by atoms with Gasteiger partial charge in [0.15, 0.2) is 11.3 Å². The van der Waals surface area contributed by atoms with Crippen molar-refractivity contribution in [1.82, 2.24) is 34.0 Å². The zero-order valence-electron chi connectivity index (χ0n) is 20.2. The first-order valence-corrected chi connectivity index (χ1v) is 12.7. The number of aliphatic hydroxyl groups excluding tert-OH is 1. The molecule has 2 aromatic carbocycles. The van der Waals surface area contributed by atoms with Gasteiger partial charge in [0.2, 0.25) is 11.1 Å². The number of aromatic nitrogens is 6. The molecule has 0 aliphatic rings. The SMILES string of the molecule is CN(C)CCC(O)c1ccc(Nc2ncc3c(=O)n4c(nc3n2)c2ccccc2n4-c2nccs2)cc1. The lowest BCUT2D eigenvalue weighted by molar-refractivity contribution is 0.154. The predicted octanol–water partition coefficient (Wildman–Crippen LogP) is 3.77. The van der Waals surface area contributed by atoms with E-state index in [9.17, 15) is 9.90 Å². The molecule has 0 bridgehead atoms. The Morgan fingerprint density at radius 3 is 2.62 bits per heavy atom. The number of benzene rings is 2. The number of anilines is 2. The van der Waals surface area contributed by atoms with E-state index >= 15 is 0 Å². The molecule has 1 atom stereocenters. The molecule has 0 aliphatic carbocycles. The highest BCUT2D eigenvalue weighted by atomic mass is 32.1. The summed E-state index contributed by atoms with van der Waals surface area (Å²) in [6.07, 6.45) is 3.33. The lowest BCUT2D eigenvalue weighted by Gasteiger charge is -2.15. The fourth-order valence-electron chi connectivity index (χ4n) is 4.32. The molecule has 10 nitrogen and oxygen atoms in total. The monoisotopic (exact) mass is 512 g/mol. The quantitative estimate of drug-likeness (QED) is 0.332. The van der Waals surface area contributed by atoms with Crippen LogP contribution in [0.4, 0.5) is 11.6 Å². The zero-order valence-corrected chi connectivity index (χ0v) is 21.1. The van der Waals surface area contributed by atoms with Crippen molar-refractivity contribution in [3.63, 3.8) is 0 Å². The third kappa shape index (κ3) is 4.22. The van der Waals surface area contributed by atoms with Crippen molar-refractivity contribution in [3.05, 3.63) is 82.2 Å². The molecule has 11 heteroatoms. The number of nitrogens with one attached hydrogen (secondary N) is 1. The van der Waals surface area contributed by atoms with Gasteiger partial charge in [-0.15, -0.1) is 11.3 Å². The second-order valence-corrected chi connectivity index (χ2v) is 9.85. The Morgan fingerprint density at radius 1 is 1.05 bits per heavy atom. The van der Waals surface area contributed by atoms with Crippen LogP contribution in [0.2, 0.25) is 0 Å². The molecule has 0 saturated carbocycles. The molecule has 2 N–H and O–H groups in total. The average Bonchev–Trinajstić information content (AvgIpc) is 3.54. The van der Waals surface area contributed by atoms with E-state index < -0.39 is 6.10 Å². The Labute approximate surface area is 215 Å². The highest BCUT2D eigenvalue weighted by Crippen LogP contribution is 2.26. The Kier molecular flexibility index (Phi) is 5.87. The second kappa shape index (κ2) is 9.36. The van der Waals surface area contributed by atoms with Crippen LogP contribution in [0.25, 0.3) is 32.7 Å². The van der Waals surface area contributed by atoms with Gasteiger partial charge in [0, 0.05) is 35.4 Å².